The maximum absolute atomic E-state index is 15.3. The Labute approximate surface area is 348 Å². The Morgan fingerprint density at radius 3 is 1.82 bits per heavy atom. The summed E-state index contributed by atoms with van der Waals surface area (Å²) < 4.78 is 48.7. The van der Waals surface area contributed by atoms with Gasteiger partial charge < -0.3 is 37.9 Å². The average Bonchev–Trinajstić information content (AvgIpc) is 3.36. The van der Waals surface area contributed by atoms with Crippen molar-refractivity contribution in [3.8, 4) is 0 Å². The zero-order valence-electron chi connectivity index (χ0n) is 35.7. The number of carbonyl (C=O) groups is 9. The number of allylic oxidation sites excluding steroid dienone is 1. The molecule has 4 rings (SSSR count). The van der Waals surface area contributed by atoms with Gasteiger partial charge in [0.2, 0.25) is 0 Å². The van der Waals surface area contributed by atoms with Crippen LogP contribution in [0.1, 0.15) is 106 Å². The van der Waals surface area contributed by atoms with Gasteiger partial charge in [-0.25, -0.2) is 4.79 Å². The van der Waals surface area contributed by atoms with Gasteiger partial charge in [0.05, 0.1) is 17.4 Å². The molecule has 2 fully saturated rings. The molecule has 0 amide bonds. The Morgan fingerprint density at radius 2 is 1.28 bits per heavy atom. The minimum Gasteiger partial charge on any atom is -0.458 e. The smallest absolute Gasteiger partial charge is 0.338 e. The number of esters is 8. The van der Waals surface area contributed by atoms with Gasteiger partial charge in [0.15, 0.2) is 53.1 Å². The molecule has 1 saturated carbocycles. The SMILES string of the molecule is CC(=O)OC1C(OC(C)=O)C(C)(C)C=CC(C)C(=O)C2(OC(C)=O)CC(C)(OC(C)=O)C(OC(C)=O)C2C2OC(=O)CCC2(OC(=O)c2ccccc2)C1OC(=O)C(C)C. The summed E-state index contributed by atoms with van der Waals surface area (Å²) in [5.41, 5.74) is -8.65. The predicted octanol–water partition coefficient (Wildman–Crippen LogP) is 4.10. The first-order valence-electron chi connectivity index (χ1n) is 19.6. The molecule has 328 valence electrons. The molecular formula is C43H54O17. The van der Waals surface area contributed by atoms with Crippen molar-refractivity contribution in [1.82, 2.24) is 0 Å². The van der Waals surface area contributed by atoms with Crippen LogP contribution >= 0.6 is 0 Å². The zero-order valence-corrected chi connectivity index (χ0v) is 35.7. The quantitative estimate of drug-likeness (QED) is 0.194. The maximum Gasteiger partial charge on any atom is 0.338 e. The second-order valence-corrected chi connectivity index (χ2v) is 16.7. The third-order valence-electron chi connectivity index (χ3n) is 10.9. The summed E-state index contributed by atoms with van der Waals surface area (Å²) in [5.74, 6) is -12.7. The lowest BCUT2D eigenvalue weighted by molar-refractivity contribution is -0.265. The molecule has 3 aliphatic rings. The lowest BCUT2D eigenvalue weighted by Crippen LogP contribution is -2.72. The van der Waals surface area contributed by atoms with Crippen molar-refractivity contribution in [1.29, 1.82) is 0 Å². The van der Waals surface area contributed by atoms with Crippen LogP contribution < -0.4 is 0 Å². The van der Waals surface area contributed by atoms with Crippen LogP contribution in [0.5, 0.6) is 0 Å². The van der Waals surface area contributed by atoms with E-state index in [2.05, 4.69) is 0 Å². The third kappa shape index (κ3) is 9.71. The van der Waals surface area contributed by atoms with E-state index in [1.54, 1.807) is 19.9 Å². The molecule has 10 atom stereocenters. The number of fused-ring (bicyclic) bond motifs is 3. The van der Waals surface area contributed by atoms with Crippen molar-refractivity contribution in [3.05, 3.63) is 48.0 Å². The first-order chi connectivity index (χ1) is 27.8. The van der Waals surface area contributed by atoms with E-state index in [1.807, 2.05) is 0 Å². The molecule has 1 saturated heterocycles. The van der Waals surface area contributed by atoms with Crippen LogP contribution in [-0.2, 0) is 76.3 Å². The highest BCUT2D eigenvalue weighted by Crippen LogP contribution is 2.57. The van der Waals surface area contributed by atoms with E-state index in [4.69, 9.17) is 37.9 Å². The molecule has 60 heavy (non-hydrogen) atoms. The van der Waals surface area contributed by atoms with E-state index in [1.165, 1.54) is 64.1 Å². The zero-order chi connectivity index (χ0) is 45.1. The molecule has 0 N–H and O–H groups in total. The van der Waals surface area contributed by atoms with Gasteiger partial charge in [-0.2, -0.15) is 0 Å². The monoisotopic (exact) mass is 842 g/mol. The van der Waals surface area contributed by atoms with Crippen molar-refractivity contribution in [2.75, 3.05) is 0 Å². The first kappa shape index (κ1) is 47.1. The predicted molar refractivity (Wildman–Crippen MR) is 205 cm³/mol. The van der Waals surface area contributed by atoms with Crippen molar-refractivity contribution in [2.45, 2.75) is 143 Å². The van der Waals surface area contributed by atoms with Gasteiger partial charge in [-0.05, 0) is 19.1 Å². The summed E-state index contributed by atoms with van der Waals surface area (Å²) in [6.07, 6.45) is -8.46. The van der Waals surface area contributed by atoms with Crippen molar-refractivity contribution in [3.63, 3.8) is 0 Å². The summed E-state index contributed by atoms with van der Waals surface area (Å²) >= 11 is 0. The number of Topliss-reactive ketones (excluding diaryl/α,β-unsaturated/α-hetero) is 1. The lowest BCUT2D eigenvalue weighted by atomic mass is 9.66. The summed E-state index contributed by atoms with van der Waals surface area (Å²) in [7, 11) is 0. The summed E-state index contributed by atoms with van der Waals surface area (Å²) in [5, 5.41) is 0. The van der Waals surface area contributed by atoms with Gasteiger partial charge in [-0.1, -0.05) is 65.0 Å². The Bertz CT molecular complexity index is 1920. The molecule has 0 bridgehead atoms. The van der Waals surface area contributed by atoms with Crippen LogP contribution in [0.15, 0.2) is 42.5 Å². The molecule has 1 aliphatic heterocycles. The van der Waals surface area contributed by atoms with Crippen molar-refractivity contribution in [2.24, 2.45) is 23.2 Å². The molecule has 17 nitrogen and oxygen atoms in total. The Hall–Kier alpha value is -5.61. The summed E-state index contributed by atoms with van der Waals surface area (Å²) in [4.78, 5) is 123. The summed E-state index contributed by atoms with van der Waals surface area (Å²) in [6, 6.07) is 7.48. The normalized spacial score (nSPS) is 32.3. The maximum atomic E-state index is 15.3. The lowest BCUT2D eigenvalue weighted by Gasteiger charge is -2.53. The molecule has 1 aromatic carbocycles. The average molecular weight is 843 g/mol. The summed E-state index contributed by atoms with van der Waals surface area (Å²) in [6.45, 7) is 14.1. The van der Waals surface area contributed by atoms with Crippen LogP contribution in [0.2, 0.25) is 0 Å². The Kier molecular flexibility index (Phi) is 14.1. The van der Waals surface area contributed by atoms with Gasteiger partial charge in [-0.3, -0.25) is 38.4 Å². The molecule has 1 aromatic rings. The number of ether oxygens (including phenoxy) is 8. The minimum absolute atomic E-state index is 0.0601. The fraction of sp³-hybridized carbons (Fsp3) is 0.605. The number of ketones is 1. The second-order valence-electron chi connectivity index (χ2n) is 16.7. The largest absolute Gasteiger partial charge is 0.458 e. The van der Waals surface area contributed by atoms with E-state index in [9.17, 15) is 38.4 Å². The number of hydrogen-bond acceptors (Lipinski definition) is 17. The number of benzene rings is 1. The van der Waals surface area contributed by atoms with E-state index in [0.717, 1.165) is 34.6 Å². The van der Waals surface area contributed by atoms with Gasteiger partial charge >= 0.3 is 47.8 Å². The molecule has 1 heterocycles. The topological polar surface area (TPSA) is 227 Å². The highest BCUT2D eigenvalue weighted by molar-refractivity contribution is 5.94. The van der Waals surface area contributed by atoms with E-state index < -0.39 is 143 Å². The van der Waals surface area contributed by atoms with Crippen LogP contribution in [0.4, 0.5) is 0 Å². The van der Waals surface area contributed by atoms with Crippen molar-refractivity contribution >= 4 is 53.5 Å². The molecule has 0 aromatic heterocycles. The molecular weight excluding hydrogens is 788 g/mol. The van der Waals surface area contributed by atoms with E-state index in [0.29, 0.717) is 0 Å². The van der Waals surface area contributed by atoms with Crippen LogP contribution in [0.3, 0.4) is 0 Å². The molecule has 0 radical (unpaired) electrons. The number of rotatable bonds is 9. The molecule has 10 unspecified atom stereocenters. The standard InChI is InChI=1S/C43H54O17/c1-22(2)38(51)57-37-32(53-24(4)44)36(55-26(6)46)40(9,10)19-17-23(3)33(50)43(59-28(8)48)21-41(11,58-27(7)47)34(54-25(5)45)31(43)35-42(37,20-18-30(49)56-35)60-39(52)29-15-13-12-14-16-29/h12-17,19,22-23,31-32,34-37H,18,20-21H2,1-11H3. The molecule has 2 aliphatic carbocycles. The van der Waals surface area contributed by atoms with E-state index >= 15 is 4.79 Å². The third-order valence-corrected chi connectivity index (χ3v) is 10.9. The van der Waals surface area contributed by atoms with Gasteiger partial charge in [0.25, 0.3) is 0 Å². The molecule has 17 heteroatoms. The second kappa shape index (κ2) is 17.9. The fourth-order valence-electron chi connectivity index (χ4n) is 8.58. The fourth-order valence-corrected chi connectivity index (χ4v) is 8.58. The van der Waals surface area contributed by atoms with Gasteiger partial charge in [0, 0.05) is 65.2 Å². The Balaban J connectivity index is 2.34. The van der Waals surface area contributed by atoms with Gasteiger partial charge in [-0.15, -0.1) is 0 Å². The highest BCUT2D eigenvalue weighted by atomic mass is 16.7. The van der Waals surface area contributed by atoms with Crippen LogP contribution in [0, 0.1) is 23.2 Å². The van der Waals surface area contributed by atoms with Crippen molar-refractivity contribution < 1.29 is 81.0 Å². The van der Waals surface area contributed by atoms with E-state index in [-0.39, 0.29) is 5.56 Å². The van der Waals surface area contributed by atoms with Crippen LogP contribution in [-0.4, -0.2) is 101 Å². The number of hydrogen-bond donors (Lipinski definition) is 0. The minimum atomic E-state index is -2.59. The van der Waals surface area contributed by atoms with Crippen LogP contribution in [0.25, 0.3) is 0 Å². The van der Waals surface area contributed by atoms with Gasteiger partial charge in [0.1, 0.15) is 0 Å². The highest BCUT2D eigenvalue weighted by Gasteiger charge is 2.76. The first-order valence-corrected chi connectivity index (χ1v) is 19.6. The Morgan fingerprint density at radius 1 is 0.717 bits per heavy atom. The number of carbonyl (C=O) groups excluding carboxylic acids is 9. The molecule has 0 spiro atoms.